The number of rotatable bonds is 8. The zero-order valence-electron chi connectivity index (χ0n) is 15.3. The lowest BCUT2D eigenvalue weighted by Crippen LogP contribution is -2.39. The molecule has 0 radical (unpaired) electrons. The van der Waals surface area contributed by atoms with E-state index in [9.17, 15) is 14.4 Å². The molecule has 0 bridgehead atoms. The third-order valence-corrected chi connectivity index (χ3v) is 4.56. The van der Waals surface area contributed by atoms with Gasteiger partial charge in [-0.1, -0.05) is 41.4 Å². The second kappa shape index (κ2) is 10.7. The Kier molecular flexibility index (Phi) is 8.29. The average Bonchev–Trinajstić information content (AvgIpc) is 2.67. The minimum Gasteiger partial charge on any atom is -0.354 e. The Morgan fingerprint density at radius 2 is 1.54 bits per heavy atom. The highest BCUT2D eigenvalue weighted by Crippen LogP contribution is 2.22. The number of amides is 3. The van der Waals surface area contributed by atoms with E-state index in [4.69, 9.17) is 23.2 Å². The molecule has 3 N–H and O–H groups in total. The van der Waals surface area contributed by atoms with E-state index in [2.05, 4.69) is 16.0 Å². The smallest absolute Gasteiger partial charge is 0.251 e. The number of benzene rings is 2. The monoisotopic (exact) mass is 421 g/mol. The first kappa shape index (κ1) is 21.7. The fraction of sp³-hybridized carbons (Fsp3) is 0.250. The molecule has 148 valence electrons. The predicted molar refractivity (Wildman–Crippen MR) is 110 cm³/mol. The van der Waals surface area contributed by atoms with Crippen molar-refractivity contribution >= 4 is 40.9 Å². The van der Waals surface area contributed by atoms with Gasteiger partial charge in [0.1, 0.15) is 0 Å². The van der Waals surface area contributed by atoms with Gasteiger partial charge in [-0.05, 0) is 37.3 Å². The summed E-state index contributed by atoms with van der Waals surface area (Å²) in [5, 5.41) is 8.83. The maximum Gasteiger partial charge on any atom is 0.251 e. The molecular weight excluding hydrogens is 401 g/mol. The van der Waals surface area contributed by atoms with Crippen molar-refractivity contribution < 1.29 is 14.4 Å². The molecule has 2 aromatic carbocycles. The van der Waals surface area contributed by atoms with Gasteiger partial charge in [-0.3, -0.25) is 14.4 Å². The third-order valence-electron chi connectivity index (χ3n) is 3.82. The lowest BCUT2D eigenvalue weighted by atomic mass is 10.1. The van der Waals surface area contributed by atoms with Gasteiger partial charge in [-0.15, -0.1) is 0 Å². The van der Waals surface area contributed by atoms with E-state index in [1.165, 1.54) is 6.07 Å². The molecule has 2 rings (SSSR count). The maximum atomic E-state index is 12.0. The van der Waals surface area contributed by atoms with E-state index in [1.807, 2.05) is 6.07 Å². The number of halogens is 2. The van der Waals surface area contributed by atoms with Crippen molar-refractivity contribution in [2.75, 3.05) is 13.1 Å². The summed E-state index contributed by atoms with van der Waals surface area (Å²) in [7, 11) is 0. The molecule has 1 atom stereocenters. The fourth-order valence-electron chi connectivity index (χ4n) is 2.42. The number of carbonyl (C=O) groups excluding carboxylic acids is 3. The van der Waals surface area contributed by atoms with E-state index >= 15 is 0 Å². The highest BCUT2D eigenvalue weighted by Gasteiger charge is 2.13. The second-order valence-corrected chi connectivity index (χ2v) is 6.99. The normalized spacial score (nSPS) is 11.4. The average molecular weight is 422 g/mol. The first-order valence-corrected chi connectivity index (χ1v) is 9.48. The Hall–Kier alpha value is -2.57. The van der Waals surface area contributed by atoms with Crippen LogP contribution in [0.15, 0.2) is 48.5 Å². The van der Waals surface area contributed by atoms with Gasteiger partial charge < -0.3 is 16.0 Å². The lowest BCUT2D eigenvalue weighted by Gasteiger charge is -2.14. The van der Waals surface area contributed by atoms with Crippen LogP contribution in [0.2, 0.25) is 10.0 Å². The molecule has 0 fully saturated rings. The number of carbonyl (C=O) groups is 3. The Morgan fingerprint density at radius 3 is 2.21 bits per heavy atom. The Labute approximate surface area is 173 Å². The molecule has 6 nitrogen and oxygen atoms in total. The molecular formula is C20H21Cl2N3O3. The van der Waals surface area contributed by atoms with Gasteiger partial charge in [-0.25, -0.2) is 0 Å². The second-order valence-electron chi connectivity index (χ2n) is 6.18. The molecule has 0 saturated heterocycles. The first-order valence-electron chi connectivity index (χ1n) is 8.72. The van der Waals surface area contributed by atoms with Gasteiger partial charge in [0, 0.05) is 36.7 Å². The van der Waals surface area contributed by atoms with Crippen LogP contribution in [0.3, 0.4) is 0 Å². The van der Waals surface area contributed by atoms with E-state index < -0.39 is 0 Å². The largest absolute Gasteiger partial charge is 0.354 e. The van der Waals surface area contributed by atoms with Crippen LogP contribution < -0.4 is 16.0 Å². The van der Waals surface area contributed by atoms with E-state index in [1.54, 1.807) is 43.3 Å². The molecule has 8 heteroatoms. The van der Waals surface area contributed by atoms with Crippen molar-refractivity contribution in [3.05, 3.63) is 69.7 Å². The molecule has 0 heterocycles. The van der Waals surface area contributed by atoms with Crippen LogP contribution in [0.1, 0.15) is 34.1 Å². The van der Waals surface area contributed by atoms with E-state index in [-0.39, 0.29) is 43.3 Å². The molecule has 0 aliphatic heterocycles. The van der Waals surface area contributed by atoms with Crippen LogP contribution in [-0.2, 0) is 4.79 Å². The maximum absolute atomic E-state index is 12.0. The van der Waals surface area contributed by atoms with Gasteiger partial charge in [0.05, 0.1) is 10.0 Å². The lowest BCUT2D eigenvalue weighted by molar-refractivity contribution is -0.121. The molecule has 3 amide bonds. The molecule has 0 aliphatic rings. The standard InChI is InChI=1S/C20H21Cl2N3O3/c1-13(25-20(28)14-5-3-2-4-6-14)11-18(26)23-9-10-24-19(27)15-7-8-16(21)17(22)12-15/h2-8,12-13H,9-11H2,1H3,(H,23,26)(H,24,27)(H,25,28). The Morgan fingerprint density at radius 1 is 0.857 bits per heavy atom. The van der Waals surface area contributed by atoms with Crippen LogP contribution in [0.5, 0.6) is 0 Å². The molecule has 0 aromatic heterocycles. The summed E-state index contributed by atoms with van der Waals surface area (Å²) in [6.45, 7) is 2.29. The van der Waals surface area contributed by atoms with Crippen molar-refractivity contribution in [3.63, 3.8) is 0 Å². The summed E-state index contributed by atoms with van der Waals surface area (Å²) in [6, 6.07) is 13.1. The van der Waals surface area contributed by atoms with E-state index in [0.717, 1.165) is 0 Å². The zero-order chi connectivity index (χ0) is 20.5. The highest BCUT2D eigenvalue weighted by molar-refractivity contribution is 6.42. The number of nitrogens with one attached hydrogen (secondary N) is 3. The molecule has 28 heavy (non-hydrogen) atoms. The van der Waals surface area contributed by atoms with Gasteiger partial charge in [0.2, 0.25) is 5.91 Å². The summed E-state index contributed by atoms with van der Waals surface area (Å²) in [5.41, 5.74) is 0.928. The van der Waals surface area contributed by atoms with Crippen molar-refractivity contribution in [1.82, 2.24) is 16.0 Å². The molecule has 0 spiro atoms. The van der Waals surface area contributed by atoms with Gasteiger partial charge in [0.25, 0.3) is 11.8 Å². The minimum atomic E-state index is -0.321. The molecule has 0 saturated carbocycles. The summed E-state index contributed by atoms with van der Waals surface area (Å²) in [4.78, 5) is 36.0. The Bertz CT molecular complexity index is 844. The van der Waals surface area contributed by atoms with Crippen LogP contribution in [0.4, 0.5) is 0 Å². The predicted octanol–water partition coefficient (Wildman–Crippen LogP) is 3.05. The summed E-state index contributed by atoms with van der Waals surface area (Å²) in [5.74, 6) is -0.754. The summed E-state index contributed by atoms with van der Waals surface area (Å²) < 4.78 is 0. The Balaban J connectivity index is 1.67. The summed E-state index contributed by atoms with van der Waals surface area (Å²) >= 11 is 11.7. The van der Waals surface area contributed by atoms with Gasteiger partial charge >= 0.3 is 0 Å². The summed E-state index contributed by atoms with van der Waals surface area (Å²) in [6.07, 6.45) is 0.138. The van der Waals surface area contributed by atoms with Crippen LogP contribution in [0.25, 0.3) is 0 Å². The van der Waals surface area contributed by atoms with Crippen molar-refractivity contribution in [3.8, 4) is 0 Å². The van der Waals surface area contributed by atoms with Gasteiger partial charge in [-0.2, -0.15) is 0 Å². The quantitative estimate of drug-likeness (QED) is 0.572. The van der Waals surface area contributed by atoms with Crippen LogP contribution >= 0.6 is 23.2 Å². The van der Waals surface area contributed by atoms with Crippen molar-refractivity contribution in [2.24, 2.45) is 0 Å². The number of hydrogen-bond acceptors (Lipinski definition) is 3. The van der Waals surface area contributed by atoms with Crippen LogP contribution in [-0.4, -0.2) is 36.9 Å². The zero-order valence-corrected chi connectivity index (χ0v) is 16.8. The molecule has 2 aromatic rings. The molecule has 1 unspecified atom stereocenters. The third kappa shape index (κ3) is 6.87. The fourth-order valence-corrected chi connectivity index (χ4v) is 2.71. The van der Waals surface area contributed by atoms with E-state index in [0.29, 0.717) is 21.2 Å². The molecule has 0 aliphatic carbocycles. The number of hydrogen-bond donors (Lipinski definition) is 3. The van der Waals surface area contributed by atoms with Gasteiger partial charge in [0.15, 0.2) is 0 Å². The van der Waals surface area contributed by atoms with Crippen molar-refractivity contribution in [1.29, 1.82) is 0 Å². The minimum absolute atomic E-state index is 0.138. The van der Waals surface area contributed by atoms with Crippen LogP contribution in [0, 0.1) is 0 Å². The topological polar surface area (TPSA) is 87.3 Å². The van der Waals surface area contributed by atoms with Crippen molar-refractivity contribution in [2.45, 2.75) is 19.4 Å². The highest BCUT2D eigenvalue weighted by atomic mass is 35.5. The first-order chi connectivity index (χ1) is 13.4. The SMILES string of the molecule is CC(CC(=O)NCCNC(=O)c1ccc(Cl)c(Cl)c1)NC(=O)c1ccccc1.